The Morgan fingerprint density at radius 3 is 2.31 bits per heavy atom. The van der Waals surface area contributed by atoms with Crippen LogP contribution >= 0.6 is 0 Å². The Balaban J connectivity index is 4.09. The van der Waals surface area contributed by atoms with E-state index in [9.17, 15) is 9.59 Å². The van der Waals surface area contributed by atoms with Crippen LogP contribution in [0, 0.1) is 0 Å². The van der Waals surface area contributed by atoms with Crippen molar-refractivity contribution in [3.63, 3.8) is 0 Å². The molecule has 1 unspecified atom stereocenters. The van der Waals surface area contributed by atoms with E-state index in [0.29, 0.717) is 6.42 Å². The summed E-state index contributed by atoms with van der Waals surface area (Å²) >= 11 is 0. The third kappa shape index (κ3) is 3.89. The molecular weight excluding hydrogens is 172 g/mol. The Labute approximate surface area is 77.5 Å². The van der Waals surface area contributed by atoms with Crippen molar-refractivity contribution >= 4 is 11.9 Å². The molecule has 0 aromatic rings. The minimum atomic E-state index is -1.00. The Bertz CT molecular complexity index is 194. The molecule has 0 spiro atoms. The monoisotopic (exact) mass is 188 g/mol. The minimum absolute atomic E-state index is 0.295. The molecule has 0 aliphatic carbocycles. The first-order chi connectivity index (χ1) is 6.02. The van der Waals surface area contributed by atoms with Crippen LogP contribution in [0.5, 0.6) is 0 Å². The van der Waals surface area contributed by atoms with Gasteiger partial charge in [0.1, 0.15) is 6.04 Å². The second-order valence-corrected chi connectivity index (χ2v) is 2.82. The van der Waals surface area contributed by atoms with Gasteiger partial charge in [0.15, 0.2) is 0 Å². The smallest absolute Gasteiger partial charge is 0.326 e. The lowest BCUT2D eigenvalue weighted by atomic mass is 10.2. The predicted octanol–water partition coefficient (Wildman–Crippen LogP) is -0.426. The number of rotatable bonds is 5. The van der Waals surface area contributed by atoms with E-state index in [4.69, 9.17) is 5.11 Å². The van der Waals surface area contributed by atoms with Gasteiger partial charge in [-0.2, -0.15) is 0 Å². The molecule has 0 rings (SSSR count). The summed E-state index contributed by atoms with van der Waals surface area (Å²) in [5.41, 5.74) is 0. The van der Waals surface area contributed by atoms with Crippen LogP contribution < -0.4 is 10.6 Å². The summed E-state index contributed by atoms with van der Waals surface area (Å²) in [5, 5.41) is 13.8. The summed E-state index contributed by atoms with van der Waals surface area (Å²) < 4.78 is 0. The lowest BCUT2D eigenvalue weighted by Gasteiger charge is -2.15. The van der Waals surface area contributed by atoms with Gasteiger partial charge in [0.05, 0.1) is 6.04 Å². The number of carboxylic acids is 1. The molecule has 13 heavy (non-hydrogen) atoms. The molecule has 0 saturated carbocycles. The molecule has 0 aliphatic rings. The lowest BCUT2D eigenvalue weighted by Crippen LogP contribution is -2.47. The second kappa shape index (κ2) is 5.53. The van der Waals surface area contributed by atoms with Crippen LogP contribution in [0.2, 0.25) is 0 Å². The molecule has 0 heterocycles. The van der Waals surface area contributed by atoms with Crippen LogP contribution in [-0.4, -0.2) is 36.1 Å². The average Bonchev–Trinajstić information content (AvgIpc) is 2.11. The molecule has 0 aromatic heterocycles. The summed E-state index contributed by atoms with van der Waals surface area (Å²) in [5.74, 6) is -1.30. The standard InChI is InChI=1S/C8H16N2O3/c1-4-6(8(12)13)10-7(11)5(2)9-3/h5-6,9H,4H2,1-3H3,(H,10,11)(H,12,13)/t5?,6-/m1/s1. The van der Waals surface area contributed by atoms with Crippen LogP contribution in [0.4, 0.5) is 0 Å². The maximum atomic E-state index is 11.2. The molecule has 0 fully saturated rings. The van der Waals surface area contributed by atoms with E-state index in [0.717, 1.165) is 0 Å². The highest BCUT2D eigenvalue weighted by atomic mass is 16.4. The molecule has 0 bridgehead atoms. The largest absolute Gasteiger partial charge is 0.480 e. The van der Waals surface area contributed by atoms with E-state index in [1.807, 2.05) is 0 Å². The zero-order valence-corrected chi connectivity index (χ0v) is 8.13. The molecule has 2 atom stereocenters. The van der Waals surface area contributed by atoms with Gasteiger partial charge in [-0.15, -0.1) is 0 Å². The van der Waals surface area contributed by atoms with Gasteiger partial charge < -0.3 is 15.7 Å². The van der Waals surface area contributed by atoms with E-state index in [1.165, 1.54) is 0 Å². The van der Waals surface area contributed by atoms with Crippen molar-refractivity contribution in [2.24, 2.45) is 0 Å². The molecule has 5 nitrogen and oxygen atoms in total. The first-order valence-electron chi connectivity index (χ1n) is 4.23. The van der Waals surface area contributed by atoms with Gasteiger partial charge in [0.2, 0.25) is 5.91 Å². The molecule has 1 amide bonds. The van der Waals surface area contributed by atoms with E-state index in [2.05, 4.69) is 10.6 Å². The van der Waals surface area contributed by atoms with E-state index in [-0.39, 0.29) is 11.9 Å². The van der Waals surface area contributed by atoms with Gasteiger partial charge in [-0.05, 0) is 20.4 Å². The van der Waals surface area contributed by atoms with Crippen molar-refractivity contribution in [2.75, 3.05) is 7.05 Å². The number of amides is 1. The molecule has 0 aliphatic heterocycles. The van der Waals surface area contributed by atoms with Crippen molar-refractivity contribution in [3.05, 3.63) is 0 Å². The number of hydrogen-bond acceptors (Lipinski definition) is 3. The molecule has 0 saturated heterocycles. The fourth-order valence-corrected chi connectivity index (χ4v) is 0.766. The summed E-state index contributed by atoms with van der Waals surface area (Å²) in [6.07, 6.45) is 0.386. The van der Waals surface area contributed by atoms with Gasteiger partial charge in [0.25, 0.3) is 0 Å². The van der Waals surface area contributed by atoms with Crippen LogP contribution in [0.1, 0.15) is 20.3 Å². The van der Waals surface area contributed by atoms with E-state index in [1.54, 1.807) is 20.9 Å². The van der Waals surface area contributed by atoms with Crippen LogP contribution in [0.15, 0.2) is 0 Å². The zero-order chi connectivity index (χ0) is 10.4. The maximum absolute atomic E-state index is 11.2. The fourth-order valence-electron chi connectivity index (χ4n) is 0.766. The zero-order valence-electron chi connectivity index (χ0n) is 8.13. The minimum Gasteiger partial charge on any atom is -0.480 e. The first kappa shape index (κ1) is 11.9. The molecule has 0 aromatic carbocycles. The second-order valence-electron chi connectivity index (χ2n) is 2.82. The van der Waals surface area contributed by atoms with Crippen LogP contribution in [0.25, 0.3) is 0 Å². The number of carbonyl (C=O) groups is 2. The highest BCUT2D eigenvalue weighted by Gasteiger charge is 2.19. The topological polar surface area (TPSA) is 78.4 Å². The number of nitrogens with one attached hydrogen (secondary N) is 2. The quantitative estimate of drug-likeness (QED) is 0.547. The van der Waals surface area contributed by atoms with Crippen LogP contribution in [0.3, 0.4) is 0 Å². The Kier molecular flexibility index (Phi) is 5.06. The maximum Gasteiger partial charge on any atom is 0.326 e. The summed E-state index contributed by atoms with van der Waals surface area (Å²) in [4.78, 5) is 21.8. The normalized spacial score (nSPS) is 14.7. The molecule has 3 N–H and O–H groups in total. The SMILES string of the molecule is CC[C@@H](NC(=O)C(C)NC)C(=O)O. The number of aliphatic carboxylic acids is 1. The number of hydrogen-bond donors (Lipinski definition) is 3. The summed E-state index contributed by atoms with van der Waals surface area (Å²) in [7, 11) is 1.64. The molecule has 0 radical (unpaired) electrons. The van der Waals surface area contributed by atoms with Gasteiger partial charge >= 0.3 is 5.97 Å². The summed E-state index contributed by atoms with van der Waals surface area (Å²) in [6, 6.07) is -1.16. The lowest BCUT2D eigenvalue weighted by molar-refractivity contribution is -0.142. The Hall–Kier alpha value is -1.10. The number of likely N-dealkylation sites (N-methyl/N-ethyl adjacent to an activating group) is 1. The van der Waals surface area contributed by atoms with Crippen molar-refractivity contribution in [1.82, 2.24) is 10.6 Å². The highest BCUT2D eigenvalue weighted by molar-refractivity contribution is 5.86. The fraction of sp³-hybridized carbons (Fsp3) is 0.750. The van der Waals surface area contributed by atoms with Crippen molar-refractivity contribution in [1.29, 1.82) is 0 Å². The number of carboxylic acid groups (broad SMARTS) is 1. The molecule has 76 valence electrons. The third-order valence-corrected chi connectivity index (χ3v) is 1.85. The van der Waals surface area contributed by atoms with Crippen LogP contribution in [-0.2, 0) is 9.59 Å². The molecular formula is C8H16N2O3. The predicted molar refractivity (Wildman–Crippen MR) is 48.4 cm³/mol. The van der Waals surface area contributed by atoms with Gasteiger partial charge in [-0.25, -0.2) is 4.79 Å². The van der Waals surface area contributed by atoms with Gasteiger partial charge in [-0.1, -0.05) is 6.92 Å². The summed E-state index contributed by atoms with van der Waals surface area (Å²) in [6.45, 7) is 3.38. The third-order valence-electron chi connectivity index (χ3n) is 1.85. The van der Waals surface area contributed by atoms with Crippen molar-refractivity contribution < 1.29 is 14.7 Å². The highest BCUT2D eigenvalue weighted by Crippen LogP contribution is 1.92. The number of carbonyl (C=O) groups excluding carboxylic acids is 1. The van der Waals surface area contributed by atoms with E-state index < -0.39 is 12.0 Å². The van der Waals surface area contributed by atoms with Gasteiger partial charge in [0, 0.05) is 0 Å². The molecule has 5 heteroatoms. The van der Waals surface area contributed by atoms with Crippen molar-refractivity contribution in [3.8, 4) is 0 Å². The van der Waals surface area contributed by atoms with Gasteiger partial charge in [-0.3, -0.25) is 4.79 Å². The average molecular weight is 188 g/mol. The van der Waals surface area contributed by atoms with E-state index >= 15 is 0 Å². The van der Waals surface area contributed by atoms with Crippen molar-refractivity contribution in [2.45, 2.75) is 32.4 Å². The first-order valence-corrected chi connectivity index (χ1v) is 4.23. The Morgan fingerprint density at radius 2 is 2.00 bits per heavy atom. The Morgan fingerprint density at radius 1 is 1.46 bits per heavy atom.